The Balaban J connectivity index is 1.17. The molecule has 198 valence electrons. The topological polar surface area (TPSA) is 66.5 Å². The molecule has 0 amide bonds. The number of hydrogen-bond acceptors (Lipinski definition) is 4. The van der Waals surface area contributed by atoms with Crippen molar-refractivity contribution in [1.29, 1.82) is 0 Å². The minimum absolute atomic E-state index is 0.0165. The number of aliphatic hydroxyl groups is 2. The number of rotatable bonds is 4. The summed E-state index contributed by atoms with van der Waals surface area (Å²) in [7, 11) is 0. The largest absolute Gasteiger partial charge is 0.441 e. The summed E-state index contributed by atoms with van der Waals surface area (Å²) in [5.74, 6) is 1.59. The second-order valence-corrected chi connectivity index (χ2v) is 13.3. The molecule has 4 saturated carbocycles. The van der Waals surface area contributed by atoms with Crippen molar-refractivity contribution in [2.45, 2.75) is 97.2 Å². The zero-order chi connectivity index (χ0) is 25.4. The van der Waals surface area contributed by atoms with Gasteiger partial charge in [-0.05, 0) is 116 Å². The van der Waals surface area contributed by atoms with Gasteiger partial charge in [-0.1, -0.05) is 20.8 Å². The highest BCUT2D eigenvalue weighted by Gasteiger charge is 2.62. The van der Waals surface area contributed by atoms with Crippen molar-refractivity contribution in [3.63, 3.8) is 0 Å². The maximum absolute atomic E-state index is 14.1. The van der Waals surface area contributed by atoms with Gasteiger partial charge in [-0.2, -0.15) is 0 Å². The molecule has 4 nitrogen and oxygen atoms in total. The molecule has 1 unspecified atom stereocenters. The number of aliphatic hydroxyl groups excluding tert-OH is 2. The third-order valence-corrected chi connectivity index (χ3v) is 11.7. The van der Waals surface area contributed by atoms with Crippen LogP contribution in [0.15, 0.2) is 16.5 Å². The first-order valence-electron chi connectivity index (χ1n) is 14.2. The Kier molecular flexibility index (Phi) is 6.03. The molecule has 0 aliphatic heterocycles. The average molecular weight is 502 g/mol. The fourth-order valence-corrected chi connectivity index (χ4v) is 9.82. The van der Waals surface area contributed by atoms with Gasteiger partial charge < -0.3 is 14.6 Å². The molecule has 0 spiro atoms. The third-order valence-electron chi connectivity index (χ3n) is 11.7. The molecule has 1 heterocycles. The van der Waals surface area contributed by atoms with Gasteiger partial charge in [0.2, 0.25) is 0 Å². The van der Waals surface area contributed by atoms with Crippen LogP contribution in [0.4, 0.5) is 8.78 Å². The van der Waals surface area contributed by atoms with Gasteiger partial charge >= 0.3 is 0 Å². The number of hydrogen-bond donors (Lipinski definition) is 2. The van der Waals surface area contributed by atoms with E-state index in [1.807, 2.05) is 0 Å². The number of oxazole rings is 1. The van der Waals surface area contributed by atoms with Crippen molar-refractivity contribution in [2.24, 2.45) is 46.3 Å². The number of benzene rings is 1. The lowest BCUT2D eigenvalue weighted by Crippen LogP contribution is -2.58. The van der Waals surface area contributed by atoms with Crippen molar-refractivity contribution in [1.82, 2.24) is 4.98 Å². The minimum atomic E-state index is -0.937. The predicted molar refractivity (Wildman–Crippen MR) is 134 cm³/mol. The Labute approximate surface area is 212 Å². The van der Waals surface area contributed by atoms with E-state index in [9.17, 15) is 19.0 Å². The van der Waals surface area contributed by atoms with Crippen molar-refractivity contribution in [2.75, 3.05) is 0 Å². The lowest BCUT2D eigenvalue weighted by atomic mass is 9.43. The van der Waals surface area contributed by atoms with Crippen LogP contribution in [0.3, 0.4) is 0 Å². The summed E-state index contributed by atoms with van der Waals surface area (Å²) in [6.45, 7) is 7.26. The normalized spacial score (nSPS) is 43.1. The van der Waals surface area contributed by atoms with E-state index in [0.717, 1.165) is 38.2 Å². The van der Waals surface area contributed by atoms with Crippen LogP contribution in [0.25, 0.3) is 11.1 Å². The van der Waals surface area contributed by atoms with E-state index in [0.29, 0.717) is 53.4 Å². The molecule has 0 saturated heterocycles. The van der Waals surface area contributed by atoms with Gasteiger partial charge in [0.1, 0.15) is 5.52 Å². The molecule has 2 aromatic rings. The van der Waals surface area contributed by atoms with E-state index in [1.54, 1.807) is 0 Å². The minimum Gasteiger partial charge on any atom is -0.441 e. The fraction of sp³-hybridized carbons (Fsp3) is 0.767. The summed E-state index contributed by atoms with van der Waals surface area (Å²) in [6, 6.07) is 2.53. The summed E-state index contributed by atoms with van der Waals surface area (Å²) >= 11 is 0. The number of fused-ring (bicyclic) bond motifs is 6. The summed E-state index contributed by atoms with van der Waals surface area (Å²) in [4.78, 5) is 4.25. The molecule has 2 N–H and O–H groups in total. The van der Waals surface area contributed by atoms with Crippen LogP contribution in [0.1, 0.15) is 84.4 Å². The first kappa shape index (κ1) is 24.8. The van der Waals surface area contributed by atoms with Crippen LogP contribution in [0, 0.1) is 58.0 Å². The maximum Gasteiger partial charge on any atom is 0.195 e. The van der Waals surface area contributed by atoms with Crippen LogP contribution < -0.4 is 0 Å². The van der Waals surface area contributed by atoms with Gasteiger partial charge in [0, 0.05) is 6.42 Å². The lowest BCUT2D eigenvalue weighted by Gasteiger charge is -2.62. The smallest absolute Gasteiger partial charge is 0.195 e. The molecule has 36 heavy (non-hydrogen) atoms. The molecule has 6 heteroatoms. The van der Waals surface area contributed by atoms with Crippen LogP contribution in [0.2, 0.25) is 0 Å². The Morgan fingerprint density at radius 3 is 2.58 bits per heavy atom. The second-order valence-electron chi connectivity index (χ2n) is 13.3. The molecule has 1 aromatic carbocycles. The molecule has 4 aliphatic carbocycles. The van der Waals surface area contributed by atoms with Gasteiger partial charge in [-0.25, -0.2) is 13.8 Å². The van der Waals surface area contributed by atoms with Gasteiger partial charge in [-0.15, -0.1) is 0 Å². The number of halogens is 2. The van der Waals surface area contributed by atoms with Crippen molar-refractivity contribution in [3.8, 4) is 0 Å². The van der Waals surface area contributed by atoms with Crippen LogP contribution in [-0.2, 0) is 6.42 Å². The molecular formula is C30H41F2NO3. The van der Waals surface area contributed by atoms with E-state index >= 15 is 0 Å². The lowest BCUT2D eigenvalue weighted by molar-refractivity contribution is -0.174. The highest BCUT2D eigenvalue weighted by atomic mass is 19.2. The predicted octanol–water partition coefficient (Wildman–Crippen LogP) is 6.67. The number of aromatic nitrogens is 1. The van der Waals surface area contributed by atoms with Crippen molar-refractivity contribution in [3.05, 3.63) is 29.7 Å². The van der Waals surface area contributed by atoms with Crippen molar-refractivity contribution < 1.29 is 23.4 Å². The number of nitrogens with zero attached hydrogens (tertiary/aromatic N) is 1. The van der Waals surface area contributed by atoms with E-state index in [1.165, 1.54) is 31.7 Å². The maximum atomic E-state index is 14.1. The van der Waals surface area contributed by atoms with Gasteiger partial charge in [0.25, 0.3) is 0 Å². The molecule has 0 bridgehead atoms. The van der Waals surface area contributed by atoms with E-state index in [4.69, 9.17) is 4.42 Å². The molecule has 4 fully saturated rings. The van der Waals surface area contributed by atoms with Crippen LogP contribution in [-0.4, -0.2) is 27.4 Å². The van der Waals surface area contributed by atoms with Gasteiger partial charge in [0.15, 0.2) is 23.1 Å². The van der Waals surface area contributed by atoms with Crippen LogP contribution >= 0.6 is 0 Å². The highest BCUT2D eigenvalue weighted by Crippen LogP contribution is 2.68. The Morgan fingerprint density at radius 2 is 1.78 bits per heavy atom. The summed E-state index contributed by atoms with van der Waals surface area (Å²) in [5, 5.41) is 21.7. The quantitative estimate of drug-likeness (QED) is 0.491. The summed E-state index contributed by atoms with van der Waals surface area (Å²) < 4.78 is 33.4. The Hall–Kier alpha value is -1.53. The second kappa shape index (κ2) is 8.76. The van der Waals surface area contributed by atoms with Gasteiger partial charge in [0.05, 0.1) is 12.2 Å². The summed E-state index contributed by atoms with van der Waals surface area (Å²) in [5.41, 5.74) is 0.749. The molecular weight excluding hydrogens is 460 g/mol. The molecule has 0 radical (unpaired) electrons. The Bertz CT molecular complexity index is 1130. The zero-order valence-electron chi connectivity index (χ0n) is 21.9. The first-order valence-corrected chi connectivity index (χ1v) is 14.2. The fourth-order valence-electron chi connectivity index (χ4n) is 9.82. The SMILES string of the molecule is CC(CCc1nc2c(F)c(F)ccc2o1)[C@H]1CC[C@H]2[C@@H]3[C@@H](O)C[C@@H]4C[C@H](O)CC[C@]4(C)[C@H]3CC[C@]12C. The van der Waals surface area contributed by atoms with E-state index in [-0.39, 0.29) is 28.6 Å². The molecule has 10 atom stereocenters. The van der Waals surface area contributed by atoms with Gasteiger partial charge in [-0.3, -0.25) is 0 Å². The third kappa shape index (κ3) is 3.68. The first-order chi connectivity index (χ1) is 17.1. The molecule has 4 aliphatic rings. The average Bonchev–Trinajstić information content (AvgIpc) is 3.42. The Morgan fingerprint density at radius 1 is 1.03 bits per heavy atom. The zero-order valence-corrected chi connectivity index (χ0v) is 21.9. The van der Waals surface area contributed by atoms with Crippen LogP contribution in [0.5, 0.6) is 0 Å². The van der Waals surface area contributed by atoms with E-state index in [2.05, 4.69) is 25.8 Å². The van der Waals surface area contributed by atoms with Crippen molar-refractivity contribution >= 4 is 11.1 Å². The molecule has 1 aromatic heterocycles. The monoisotopic (exact) mass is 501 g/mol. The standard InChI is InChI=1S/C30H41F2NO3/c1-16(4-9-25-33-28-24(36-25)8-7-22(31)27(28)32)19-5-6-20-26-21(11-13-30(19,20)3)29(2)12-10-18(34)14-17(29)15-23(26)35/h7-8,16-21,23,26,34-35H,4-6,9-15H2,1-3H3/t16?,17-,18+,19+,20-,21-,23-,26-,29-,30+/m0/s1. The highest BCUT2D eigenvalue weighted by molar-refractivity contribution is 5.73. The molecule has 6 rings (SSSR count). The number of aryl methyl sites for hydroxylation is 1. The van der Waals surface area contributed by atoms with E-state index < -0.39 is 11.6 Å². The summed E-state index contributed by atoms with van der Waals surface area (Å²) in [6.07, 6.45) is 9.50.